The van der Waals surface area contributed by atoms with Crippen LogP contribution in [0.5, 0.6) is 0 Å². The molecule has 1 aliphatic heterocycles. The fourth-order valence-electron chi connectivity index (χ4n) is 2.46. The molecule has 1 amide bonds. The molecule has 0 aromatic carbocycles. The molecule has 2 N–H and O–H groups in total. The van der Waals surface area contributed by atoms with E-state index < -0.39 is 0 Å². The van der Waals surface area contributed by atoms with E-state index >= 15 is 0 Å². The van der Waals surface area contributed by atoms with Gasteiger partial charge in [0.2, 0.25) is 0 Å². The molecule has 110 valence electrons. The second-order valence-electron chi connectivity index (χ2n) is 5.12. The molecule has 5 nitrogen and oxygen atoms in total. The van der Waals surface area contributed by atoms with E-state index in [1.807, 2.05) is 13.0 Å². The maximum Gasteiger partial charge on any atom is 0.269 e. The number of likely N-dealkylation sites (tertiary alicyclic amines) is 1. The van der Waals surface area contributed by atoms with Gasteiger partial charge in [0.15, 0.2) is 0 Å². The molecule has 1 aromatic rings. The average Bonchev–Trinajstić information content (AvgIpc) is 2.49. The quantitative estimate of drug-likeness (QED) is 0.831. The van der Waals surface area contributed by atoms with Crippen LogP contribution in [0.3, 0.4) is 0 Å². The van der Waals surface area contributed by atoms with Crippen molar-refractivity contribution in [3.63, 3.8) is 0 Å². The van der Waals surface area contributed by atoms with Crippen molar-refractivity contribution in [1.29, 1.82) is 0 Å². The summed E-state index contributed by atoms with van der Waals surface area (Å²) in [5.74, 6) is -0.118. The summed E-state index contributed by atoms with van der Waals surface area (Å²) in [6.07, 6.45) is 5.67. The molecule has 2 heterocycles. The fraction of sp³-hybridized carbons (Fsp3) is 0.600. The topological polar surface area (TPSA) is 57.3 Å². The first-order valence-electron chi connectivity index (χ1n) is 7.50. The van der Waals surface area contributed by atoms with Gasteiger partial charge in [-0.15, -0.1) is 0 Å². The lowest BCUT2D eigenvalue weighted by Gasteiger charge is -2.26. The van der Waals surface area contributed by atoms with Crippen LogP contribution in [0.25, 0.3) is 0 Å². The normalized spacial score (nSPS) is 15.8. The van der Waals surface area contributed by atoms with Gasteiger partial charge in [-0.1, -0.05) is 6.42 Å². The van der Waals surface area contributed by atoms with E-state index in [1.165, 1.54) is 32.4 Å². The molecule has 2 rings (SSSR count). The first-order chi connectivity index (χ1) is 9.79. The van der Waals surface area contributed by atoms with Crippen LogP contribution in [0.2, 0.25) is 0 Å². The first-order valence-corrected chi connectivity index (χ1v) is 7.50. The summed E-state index contributed by atoms with van der Waals surface area (Å²) < 4.78 is 0. The van der Waals surface area contributed by atoms with Crippen molar-refractivity contribution in [2.75, 3.05) is 38.0 Å². The van der Waals surface area contributed by atoms with E-state index in [9.17, 15) is 4.79 Å². The second-order valence-corrected chi connectivity index (χ2v) is 5.12. The smallest absolute Gasteiger partial charge is 0.269 e. The summed E-state index contributed by atoms with van der Waals surface area (Å²) in [7, 11) is 0. The van der Waals surface area contributed by atoms with Crippen LogP contribution in [-0.2, 0) is 0 Å². The van der Waals surface area contributed by atoms with Gasteiger partial charge in [-0.2, -0.15) is 0 Å². The van der Waals surface area contributed by atoms with Gasteiger partial charge in [-0.3, -0.25) is 9.78 Å². The maximum atomic E-state index is 11.7. The van der Waals surface area contributed by atoms with Crippen LogP contribution >= 0.6 is 0 Å². The molecule has 0 atom stereocenters. The Morgan fingerprint density at radius 2 is 2.15 bits per heavy atom. The Hall–Kier alpha value is -1.62. The SMILES string of the molecule is CCNC(=O)c1cc(NCCN2CCCCC2)ccn1. The monoisotopic (exact) mass is 276 g/mol. The summed E-state index contributed by atoms with van der Waals surface area (Å²) in [6.45, 7) is 6.90. The Morgan fingerprint density at radius 3 is 2.90 bits per heavy atom. The van der Waals surface area contributed by atoms with Crippen molar-refractivity contribution in [2.24, 2.45) is 0 Å². The van der Waals surface area contributed by atoms with E-state index in [0.29, 0.717) is 12.2 Å². The van der Waals surface area contributed by atoms with Crippen molar-refractivity contribution in [3.05, 3.63) is 24.0 Å². The fourth-order valence-corrected chi connectivity index (χ4v) is 2.46. The number of anilines is 1. The molecule has 0 saturated carbocycles. The molecule has 1 aliphatic rings. The molecule has 1 saturated heterocycles. The van der Waals surface area contributed by atoms with Gasteiger partial charge in [-0.05, 0) is 45.0 Å². The van der Waals surface area contributed by atoms with E-state index in [0.717, 1.165) is 18.8 Å². The summed E-state index contributed by atoms with van der Waals surface area (Å²) in [6, 6.07) is 3.71. The summed E-state index contributed by atoms with van der Waals surface area (Å²) in [5, 5.41) is 6.13. The number of piperidine rings is 1. The number of pyridine rings is 1. The highest BCUT2D eigenvalue weighted by Gasteiger charge is 2.09. The van der Waals surface area contributed by atoms with Crippen LogP contribution in [0, 0.1) is 0 Å². The number of carbonyl (C=O) groups excluding carboxylic acids is 1. The average molecular weight is 276 g/mol. The van der Waals surface area contributed by atoms with E-state index in [-0.39, 0.29) is 5.91 Å². The number of nitrogens with one attached hydrogen (secondary N) is 2. The van der Waals surface area contributed by atoms with Crippen LogP contribution in [0.15, 0.2) is 18.3 Å². The lowest BCUT2D eigenvalue weighted by molar-refractivity contribution is 0.0951. The third-order valence-electron chi connectivity index (χ3n) is 3.54. The van der Waals surface area contributed by atoms with Crippen molar-refractivity contribution in [2.45, 2.75) is 26.2 Å². The highest BCUT2D eigenvalue weighted by Crippen LogP contribution is 2.10. The maximum absolute atomic E-state index is 11.7. The van der Waals surface area contributed by atoms with Gasteiger partial charge in [0.1, 0.15) is 5.69 Å². The zero-order chi connectivity index (χ0) is 14.2. The third kappa shape index (κ3) is 4.49. The van der Waals surface area contributed by atoms with Gasteiger partial charge in [0.05, 0.1) is 0 Å². The summed E-state index contributed by atoms with van der Waals surface area (Å²) >= 11 is 0. The predicted molar refractivity (Wildman–Crippen MR) is 81.0 cm³/mol. The Labute approximate surface area is 120 Å². The first kappa shape index (κ1) is 14.8. The highest BCUT2D eigenvalue weighted by molar-refractivity contribution is 5.93. The van der Waals surface area contributed by atoms with E-state index in [4.69, 9.17) is 0 Å². The van der Waals surface area contributed by atoms with Crippen molar-refractivity contribution >= 4 is 11.6 Å². The molecule has 0 aliphatic carbocycles. The summed E-state index contributed by atoms with van der Waals surface area (Å²) in [4.78, 5) is 18.3. The molecule has 0 unspecified atom stereocenters. The van der Waals surface area contributed by atoms with Crippen LogP contribution in [0.4, 0.5) is 5.69 Å². The van der Waals surface area contributed by atoms with Crippen molar-refractivity contribution < 1.29 is 4.79 Å². The number of carbonyl (C=O) groups is 1. The van der Waals surface area contributed by atoms with Crippen LogP contribution in [0.1, 0.15) is 36.7 Å². The largest absolute Gasteiger partial charge is 0.384 e. The van der Waals surface area contributed by atoms with Crippen molar-refractivity contribution in [3.8, 4) is 0 Å². The Balaban J connectivity index is 1.80. The minimum atomic E-state index is -0.118. The molecule has 0 spiro atoms. The Kier molecular flexibility index (Phi) is 5.80. The van der Waals surface area contributed by atoms with Gasteiger partial charge in [0, 0.05) is 31.5 Å². The minimum absolute atomic E-state index is 0.118. The number of aromatic nitrogens is 1. The molecule has 20 heavy (non-hydrogen) atoms. The van der Waals surface area contributed by atoms with Crippen molar-refractivity contribution in [1.82, 2.24) is 15.2 Å². The lowest BCUT2D eigenvalue weighted by atomic mass is 10.1. The minimum Gasteiger partial charge on any atom is -0.384 e. The van der Waals surface area contributed by atoms with E-state index in [1.54, 1.807) is 12.3 Å². The zero-order valence-electron chi connectivity index (χ0n) is 12.2. The molecular weight excluding hydrogens is 252 g/mol. The predicted octanol–water partition coefficient (Wildman–Crippen LogP) is 1.73. The number of nitrogens with zero attached hydrogens (tertiary/aromatic N) is 2. The van der Waals surface area contributed by atoms with Gasteiger partial charge in [-0.25, -0.2) is 0 Å². The molecule has 1 fully saturated rings. The summed E-state index contributed by atoms with van der Waals surface area (Å²) in [5.41, 5.74) is 1.42. The molecule has 5 heteroatoms. The zero-order valence-corrected chi connectivity index (χ0v) is 12.2. The lowest BCUT2D eigenvalue weighted by Crippen LogP contribution is -2.33. The Bertz CT molecular complexity index is 430. The number of hydrogen-bond acceptors (Lipinski definition) is 4. The van der Waals surface area contributed by atoms with Crippen LogP contribution < -0.4 is 10.6 Å². The highest BCUT2D eigenvalue weighted by atomic mass is 16.1. The van der Waals surface area contributed by atoms with Gasteiger partial charge in [0.25, 0.3) is 5.91 Å². The van der Waals surface area contributed by atoms with Gasteiger partial charge < -0.3 is 15.5 Å². The third-order valence-corrected chi connectivity index (χ3v) is 3.54. The molecule has 0 radical (unpaired) electrons. The molecular formula is C15H24N4O. The standard InChI is InChI=1S/C15H24N4O/c1-2-16-15(20)14-12-13(6-7-18-14)17-8-11-19-9-4-3-5-10-19/h6-7,12H,2-5,8-11H2,1H3,(H,16,20)(H,17,18). The number of rotatable bonds is 6. The molecule has 1 aromatic heterocycles. The Morgan fingerprint density at radius 1 is 1.35 bits per heavy atom. The van der Waals surface area contributed by atoms with Gasteiger partial charge >= 0.3 is 0 Å². The van der Waals surface area contributed by atoms with Crippen LogP contribution in [-0.4, -0.2) is 48.5 Å². The number of amides is 1. The second kappa shape index (κ2) is 7.85. The van der Waals surface area contributed by atoms with E-state index in [2.05, 4.69) is 20.5 Å². The number of hydrogen-bond donors (Lipinski definition) is 2. The molecule has 0 bridgehead atoms.